The summed E-state index contributed by atoms with van der Waals surface area (Å²) in [5.41, 5.74) is 0. The number of furan rings is 1. The first-order valence-corrected chi connectivity index (χ1v) is 5.99. The number of Topliss-reactive ketones (excluding diaryl/α,β-unsaturated/α-hetero) is 1. The molecule has 4 atom stereocenters. The Labute approximate surface area is 94.8 Å². The quantitative estimate of drug-likeness (QED) is 0.730. The normalized spacial score (nSPS) is 38.7. The fraction of sp³-hybridized carbons (Fsp3) is 0.615. The predicted molar refractivity (Wildman–Crippen MR) is 57.8 cm³/mol. The lowest BCUT2D eigenvalue weighted by Crippen LogP contribution is -2.30. The van der Waals surface area contributed by atoms with Gasteiger partial charge in [0.1, 0.15) is 17.6 Å². The molecule has 1 aliphatic heterocycles. The van der Waals surface area contributed by atoms with Crippen molar-refractivity contribution < 1.29 is 13.9 Å². The molecular formula is C13H16O3. The van der Waals surface area contributed by atoms with Crippen molar-refractivity contribution in [2.75, 3.05) is 0 Å². The van der Waals surface area contributed by atoms with Crippen LogP contribution in [0, 0.1) is 11.8 Å². The molecule has 2 aliphatic rings. The molecule has 0 N–H and O–H groups in total. The van der Waals surface area contributed by atoms with Crippen LogP contribution in [-0.2, 0) is 9.53 Å². The standard InChI is InChI=1S/C13H16O3/c1-8-9-4-2-5-10(14)12(9)13(16-8)11-6-3-7-15-11/h3,6-9,12-13H,2,4-5H2,1H3/t8-,9+,12-,13+/m0/s1. The van der Waals surface area contributed by atoms with Crippen LogP contribution in [0.15, 0.2) is 22.8 Å². The zero-order valence-electron chi connectivity index (χ0n) is 9.39. The van der Waals surface area contributed by atoms with Crippen LogP contribution in [0.5, 0.6) is 0 Å². The number of ether oxygens (including phenoxy) is 1. The summed E-state index contributed by atoms with van der Waals surface area (Å²) < 4.78 is 11.3. The molecule has 2 heterocycles. The van der Waals surface area contributed by atoms with Crippen LogP contribution in [0.4, 0.5) is 0 Å². The maximum atomic E-state index is 12.0. The van der Waals surface area contributed by atoms with Crippen LogP contribution >= 0.6 is 0 Å². The molecule has 3 nitrogen and oxygen atoms in total. The first kappa shape index (κ1) is 10.1. The molecule has 0 spiro atoms. The monoisotopic (exact) mass is 220 g/mol. The van der Waals surface area contributed by atoms with Gasteiger partial charge in [-0.25, -0.2) is 0 Å². The van der Waals surface area contributed by atoms with Crippen molar-refractivity contribution in [1.82, 2.24) is 0 Å². The van der Waals surface area contributed by atoms with E-state index in [2.05, 4.69) is 6.92 Å². The third kappa shape index (κ3) is 1.42. The van der Waals surface area contributed by atoms with Crippen molar-refractivity contribution in [3.8, 4) is 0 Å². The summed E-state index contributed by atoms with van der Waals surface area (Å²) in [5.74, 6) is 1.56. The minimum Gasteiger partial charge on any atom is -0.467 e. The van der Waals surface area contributed by atoms with E-state index >= 15 is 0 Å². The third-order valence-electron chi connectivity index (χ3n) is 3.91. The Morgan fingerprint density at radius 1 is 1.44 bits per heavy atom. The van der Waals surface area contributed by atoms with Gasteiger partial charge in [0, 0.05) is 6.42 Å². The molecule has 3 heteroatoms. The Bertz CT molecular complexity index is 382. The zero-order chi connectivity index (χ0) is 11.1. The van der Waals surface area contributed by atoms with E-state index in [1.165, 1.54) is 0 Å². The van der Waals surface area contributed by atoms with Crippen molar-refractivity contribution in [2.45, 2.75) is 38.4 Å². The van der Waals surface area contributed by atoms with Crippen molar-refractivity contribution in [3.05, 3.63) is 24.2 Å². The molecule has 0 bridgehead atoms. The van der Waals surface area contributed by atoms with Crippen LogP contribution in [0.1, 0.15) is 38.1 Å². The second-order valence-corrected chi connectivity index (χ2v) is 4.83. The van der Waals surface area contributed by atoms with Gasteiger partial charge in [-0.3, -0.25) is 4.79 Å². The fourth-order valence-corrected chi connectivity index (χ4v) is 3.13. The second kappa shape index (κ2) is 3.74. The summed E-state index contributed by atoms with van der Waals surface area (Å²) in [6.45, 7) is 2.07. The van der Waals surface area contributed by atoms with E-state index in [4.69, 9.17) is 9.15 Å². The topological polar surface area (TPSA) is 39.4 Å². The van der Waals surface area contributed by atoms with Crippen molar-refractivity contribution in [2.24, 2.45) is 11.8 Å². The van der Waals surface area contributed by atoms with Gasteiger partial charge in [0.15, 0.2) is 0 Å². The van der Waals surface area contributed by atoms with Gasteiger partial charge < -0.3 is 9.15 Å². The van der Waals surface area contributed by atoms with E-state index in [0.717, 1.165) is 18.6 Å². The largest absolute Gasteiger partial charge is 0.467 e. The van der Waals surface area contributed by atoms with Gasteiger partial charge in [-0.05, 0) is 37.8 Å². The number of ketones is 1. The summed E-state index contributed by atoms with van der Waals surface area (Å²) >= 11 is 0. The number of carbonyl (C=O) groups excluding carboxylic acids is 1. The van der Waals surface area contributed by atoms with Gasteiger partial charge in [-0.2, -0.15) is 0 Å². The highest BCUT2D eigenvalue weighted by Crippen LogP contribution is 2.47. The molecule has 0 radical (unpaired) electrons. The Kier molecular flexibility index (Phi) is 2.36. The summed E-state index contributed by atoms with van der Waals surface area (Å²) in [6, 6.07) is 3.76. The first-order chi connectivity index (χ1) is 7.77. The lowest BCUT2D eigenvalue weighted by molar-refractivity contribution is -0.127. The molecule has 1 saturated carbocycles. The Morgan fingerprint density at radius 3 is 3.06 bits per heavy atom. The van der Waals surface area contributed by atoms with Gasteiger partial charge in [-0.1, -0.05) is 0 Å². The van der Waals surface area contributed by atoms with Crippen LogP contribution in [0.2, 0.25) is 0 Å². The smallest absolute Gasteiger partial charge is 0.139 e. The summed E-state index contributed by atoms with van der Waals surface area (Å²) in [4.78, 5) is 12.0. The van der Waals surface area contributed by atoms with E-state index in [0.29, 0.717) is 18.1 Å². The predicted octanol–water partition coefficient (Wildman–Crippen LogP) is 2.72. The molecule has 16 heavy (non-hydrogen) atoms. The fourth-order valence-electron chi connectivity index (χ4n) is 3.13. The molecule has 1 aliphatic carbocycles. The SMILES string of the molecule is C[C@@H]1O[C@H](c2ccco2)[C@@H]2C(=O)CCC[C@@H]21. The Hall–Kier alpha value is -1.09. The van der Waals surface area contributed by atoms with Crippen molar-refractivity contribution in [1.29, 1.82) is 0 Å². The van der Waals surface area contributed by atoms with Gasteiger partial charge in [0.05, 0.1) is 18.3 Å². The van der Waals surface area contributed by atoms with Crippen molar-refractivity contribution >= 4 is 5.78 Å². The molecule has 86 valence electrons. The highest BCUT2D eigenvalue weighted by molar-refractivity contribution is 5.83. The lowest BCUT2D eigenvalue weighted by atomic mass is 9.75. The molecule has 1 aromatic heterocycles. The summed E-state index contributed by atoms with van der Waals surface area (Å²) in [7, 11) is 0. The molecule has 3 rings (SSSR count). The molecule has 0 unspecified atom stereocenters. The summed E-state index contributed by atoms with van der Waals surface area (Å²) in [6.07, 6.45) is 4.48. The lowest BCUT2D eigenvalue weighted by Gasteiger charge is -2.26. The van der Waals surface area contributed by atoms with Gasteiger partial charge in [0.2, 0.25) is 0 Å². The van der Waals surface area contributed by atoms with E-state index in [9.17, 15) is 4.79 Å². The number of fused-ring (bicyclic) bond motifs is 1. The van der Waals surface area contributed by atoms with E-state index in [1.54, 1.807) is 6.26 Å². The number of rotatable bonds is 1. The zero-order valence-corrected chi connectivity index (χ0v) is 9.39. The van der Waals surface area contributed by atoms with Crippen LogP contribution in [0.25, 0.3) is 0 Å². The summed E-state index contributed by atoms with van der Waals surface area (Å²) in [5, 5.41) is 0. The van der Waals surface area contributed by atoms with E-state index < -0.39 is 0 Å². The minimum absolute atomic E-state index is 0.0231. The second-order valence-electron chi connectivity index (χ2n) is 4.83. The van der Waals surface area contributed by atoms with Gasteiger partial charge >= 0.3 is 0 Å². The maximum Gasteiger partial charge on any atom is 0.139 e. The molecule has 2 fully saturated rings. The van der Waals surface area contributed by atoms with Gasteiger partial charge in [0.25, 0.3) is 0 Å². The minimum atomic E-state index is -0.150. The average Bonchev–Trinajstić information content (AvgIpc) is 2.87. The molecule has 1 saturated heterocycles. The van der Waals surface area contributed by atoms with E-state index in [-0.39, 0.29) is 18.1 Å². The molecule has 1 aromatic rings. The Morgan fingerprint density at radius 2 is 2.31 bits per heavy atom. The first-order valence-electron chi connectivity index (χ1n) is 5.99. The molecular weight excluding hydrogens is 204 g/mol. The highest BCUT2D eigenvalue weighted by atomic mass is 16.5. The van der Waals surface area contributed by atoms with Crippen LogP contribution in [-0.4, -0.2) is 11.9 Å². The van der Waals surface area contributed by atoms with Crippen LogP contribution < -0.4 is 0 Å². The molecule has 0 aromatic carbocycles. The maximum absolute atomic E-state index is 12.0. The third-order valence-corrected chi connectivity index (χ3v) is 3.91. The molecule has 0 amide bonds. The van der Waals surface area contributed by atoms with Crippen LogP contribution in [0.3, 0.4) is 0 Å². The van der Waals surface area contributed by atoms with Crippen molar-refractivity contribution in [3.63, 3.8) is 0 Å². The average molecular weight is 220 g/mol. The number of hydrogen-bond donors (Lipinski definition) is 0. The highest BCUT2D eigenvalue weighted by Gasteiger charge is 2.49. The number of carbonyl (C=O) groups is 1. The van der Waals surface area contributed by atoms with E-state index in [1.807, 2.05) is 12.1 Å². The van der Waals surface area contributed by atoms with Gasteiger partial charge in [-0.15, -0.1) is 0 Å². The Balaban J connectivity index is 1.93. The number of hydrogen-bond acceptors (Lipinski definition) is 3.